The van der Waals surface area contributed by atoms with Crippen molar-refractivity contribution in [1.29, 1.82) is 0 Å². The number of nitrogens with one attached hydrogen (secondary N) is 1. The molecule has 0 radical (unpaired) electrons. The maximum absolute atomic E-state index is 9.35. The molecule has 0 aliphatic carbocycles. The molecule has 2 aliphatic heterocycles. The summed E-state index contributed by atoms with van der Waals surface area (Å²) in [4.78, 5) is 2.47. The van der Waals surface area contributed by atoms with Crippen molar-refractivity contribution >= 4 is 0 Å². The predicted molar refractivity (Wildman–Crippen MR) is 78.9 cm³/mol. The Kier molecular flexibility index (Phi) is 6.23. The van der Waals surface area contributed by atoms with Crippen molar-refractivity contribution < 1.29 is 14.6 Å². The fraction of sp³-hybridized carbons (Fsp3) is 1.00. The van der Waals surface area contributed by atoms with E-state index in [1.807, 2.05) is 0 Å². The number of aliphatic hydroxyl groups is 1. The zero-order valence-electron chi connectivity index (χ0n) is 12.9. The van der Waals surface area contributed by atoms with Crippen LogP contribution in [0.1, 0.15) is 26.7 Å². The minimum absolute atomic E-state index is 0.0326. The van der Waals surface area contributed by atoms with Crippen LogP contribution in [0.4, 0.5) is 0 Å². The van der Waals surface area contributed by atoms with E-state index in [9.17, 15) is 5.11 Å². The Morgan fingerprint density at radius 1 is 1.30 bits per heavy atom. The molecule has 118 valence electrons. The number of aliphatic hydroxyl groups excluding tert-OH is 1. The highest BCUT2D eigenvalue weighted by Crippen LogP contribution is 2.32. The first-order chi connectivity index (χ1) is 9.67. The van der Waals surface area contributed by atoms with Crippen LogP contribution in [0, 0.1) is 5.41 Å². The van der Waals surface area contributed by atoms with Gasteiger partial charge in [0.15, 0.2) is 0 Å². The summed E-state index contributed by atoms with van der Waals surface area (Å²) in [6.07, 6.45) is 2.41. The molecule has 0 aromatic carbocycles. The summed E-state index contributed by atoms with van der Waals surface area (Å²) in [7, 11) is 0. The van der Waals surface area contributed by atoms with E-state index in [2.05, 4.69) is 24.1 Å². The van der Waals surface area contributed by atoms with Crippen molar-refractivity contribution in [3.05, 3.63) is 0 Å². The molecule has 2 unspecified atom stereocenters. The van der Waals surface area contributed by atoms with E-state index < -0.39 is 0 Å². The number of hydrogen-bond acceptors (Lipinski definition) is 5. The average molecular weight is 286 g/mol. The van der Waals surface area contributed by atoms with Gasteiger partial charge in [-0.05, 0) is 31.7 Å². The Hall–Kier alpha value is -0.200. The molecule has 2 heterocycles. The van der Waals surface area contributed by atoms with Crippen molar-refractivity contribution in [2.45, 2.75) is 38.9 Å². The van der Waals surface area contributed by atoms with E-state index in [1.54, 1.807) is 0 Å². The Morgan fingerprint density at radius 2 is 2.05 bits per heavy atom. The van der Waals surface area contributed by atoms with Crippen molar-refractivity contribution in [3.63, 3.8) is 0 Å². The lowest BCUT2D eigenvalue weighted by Crippen LogP contribution is -2.54. The van der Waals surface area contributed by atoms with Crippen LogP contribution in [0.2, 0.25) is 0 Å². The van der Waals surface area contributed by atoms with Gasteiger partial charge in [0, 0.05) is 39.4 Å². The molecule has 2 atom stereocenters. The van der Waals surface area contributed by atoms with Crippen LogP contribution in [0.5, 0.6) is 0 Å². The van der Waals surface area contributed by atoms with E-state index in [0.717, 1.165) is 58.8 Å². The third kappa shape index (κ3) is 4.40. The summed E-state index contributed by atoms with van der Waals surface area (Å²) in [5.41, 5.74) is 0.311. The maximum atomic E-state index is 9.35. The van der Waals surface area contributed by atoms with Gasteiger partial charge in [0.05, 0.1) is 18.8 Å². The number of ether oxygens (including phenoxy) is 2. The summed E-state index contributed by atoms with van der Waals surface area (Å²) in [6, 6.07) is 0. The molecule has 2 rings (SSSR count). The number of nitrogens with zero attached hydrogens (tertiary/aromatic N) is 1. The van der Waals surface area contributed by atoms with Crippen molar-refractivity contribution in [1.82, 2.24) is 10.2 Å². The lowest BCUT2D eigenvalue weighted by molar-refractivity contribution is -0.109. The van der Waals surface area contributed by atoms with Gasteiger partial charge in [0.1, 0.15) is 0 Å². The molecule has 2 aliphatic rings. The van der Waals surface area contributed by atoms with Crippen LogP contribution in [0.15, 0.2) is 0 Å². The summed E-state index contributed by atoms with van der Waals surface area (Å²) < 4.78 is 11.3. The predicted octanol–water partition coefficient (Wildman–Crippen LogP) is 0.474. The molecular formula is C15H30N2O3. The molecule has 0 spiro atoms. The van der Waals surface area contributed by atoms with Crippen LogP contribution >= 0.6 is 0 Å². The summed E-state index contributed by atoms with van der Waals surface area (Å²) in [5.74, 6) is 0. The van der Waals surface area contributed by atoms with E-state index in [-0.39, 0.29) is 18.8 Å². The summed E-state index contributed by atoms with van der Waals surface area (Å²) >= 11 is 0. The highest BCUT2D eigenvalue weighted by atomic mass is 16.5. The molecule has 0 amide bonds. The number of hydrogen-bond donors (Lipinski definition) is 2. The molecule has 2 fully saturated rings. The lowest BCUT2D eigenvalue weighted by atomic mass is 9.79. The van der Waals surface area contributed by atoms with E-state index >= 15 is 0 Å². The van der Waals surface area contributed by atoms with Crippen molar-refractivity contribution in [3.8, 4) is 0 Å². The van der Waals surface area contributed by atoms with Gasteiger partial charge in [0.2, 0.25) is 0 Å². The highest BCUT2D eigenvalue weighted by Gasteiger charge is 2.36. The molecule has 20 heavy (non-hydrogen) atoms. The molecule has 0 aromatic rings. The molecule has 2 saturated heterocycles. The average Bonchev–Trinajstić information content (AvgIpc) is 2.45. The Balaban J connectivity index is 1.95. The molecule has 0 aromatic heterocycles. The van der Waals surface area contributed by atoms with Gasteiger partial charge in [-0.3, -0.25) is 4.90 Å². The number of rotatable bonds is 6. The third-order valence-electron chi connectivity index (χ3n) is 4.47. The van der Waals surface area contributed by atoms with Crippen LogP contribution in [-0.4, -0.2) is 74.8 Å². The summed E-state index contributed by atoms with van der Waals surface area (Å²) in [5, 5.41) is 12.9. The minimum Gasteiger partial charge on any atom is -0.394 e. The molecule has 5 nitrogen and oxygen atoms in total. The Morgan fingerprint density at radius 3 is 2.70 bits per heavy atom. The molecule has 0 saturated carbocycles. The first kappa shape index (κ1) is 16.2. The third-order valence-corrected chi connectivity index (χ3v) is 4.47. The lowest BCUT2D eigenvalue weighted by Gasteiger charge is -2.44. The van der Waals surface area contributed by atoms with Crippen LogP contribution in [0.3, 0.4) is 0 Å². The van der Waals surface area contributed by atoms with Crippen molar-refractivity contribution in [2.75, 3.05) is 52.5 Å². The fourth-order valence-electron chi connectivity index (χ4n) is 3.43. The zero-order valence-corrected chi connectivity index (χ0v) is 12.9. The topological polar surface area (TPSA) is 54.0 Å². The highest BCUT2D eigenvalue weighted by molar-refractivity contribution is 4.89. The minimum atomic E-state index is -0.0326. The van der Waals surface area contributed by atoms with Crippen LogP contribution in [-0.2, 0) is 9.47 Å². The van der Waals surface area contributed by atoms with Gasteiger partial charge in [-0.25, -0.2) is 0 Å². The second kappa shape index (κ2) is 7.71. The monoisotopic (exact) mass is 286 g/mol. The molecule has 0 bridgehead atoms. The van der Waals surface area contributed by atoms with Gasteiger partial charge in [-0.15, -0.1) is 0 Å². The van der Waals surface area contributed by atoms with E-state index in [1.165, 1.54) is 0 Å². The second-order valence-corrected chi connectivity index (χ2v) is 6.34. The smallest absolute Gasteiger partial charge is 0.0936 e. The quantitative estimate of drug-likeness (QED) is 0.743. The standard InChI is InChI=1S/C15H30N2O3/c1-3-16-11-15(4-6-19-7-5-15)12-17-8-13(2)20-14(9-17)10-18/h13-14,16,18H,3-12H2,1-2H3. The normalized spacial score (nSPS) is 31.4. The first-order valence-corrected chi connectivity index (χ1v) is 7.94. The number of morpholine rings is 1. The first-order valence-electron chi connectivity index (χ1n) is 7.94. The molecule has 2 N–H and O–H groups in total. The molecular weight excluding hydrogens is 256 g/mol. The molecule has 5 heteroatoms. The van der Waals surface area contributed by atoms with E-state index in [4.69, 9.17) is 9.47 Å². The van der Waals surface area contributed by atoms with Gasteiger partial charge in [0.25, 0.3) is 0 Å². The second-order valence-electron chi connectivity index (χ2n) is 6.34. The summed E-state index contributed by atoms with van der Waals surface area (Å²) in [6.45, 7) is 11.1. The van der Waals surface area contributed by atoms with Gasteiger partial charge in [-0.2, -0.15) is 0 Å². The SMILES string of the molecule is CCNCC1(CN2CC(C)OC(CO)C2)CCOCC1. The van der Waals surface area contributed by atoms with Gasteiger partial charge >= 0.3 is 0 Å². The van der Waals surface area contributed by atoms with Crippen LogP contribution in [0.25, 0.3) is 0 Å². The fourth-order valence-corrected chi connectivity index (χ4v) is 3.43. The largest absolute Gasteiger partial charge is 0.394 e. The van der Waals surface area contributed by atoms with Crippen LogP contribution < -0.4 is 5.32 Å². The zero-order chi connectivity index (χ0) is 14.4. The Labute approximate surface area is 122 Å². The van der Waals surface area contributed by atoms with Gasteiger partial charge in [-0.1, -0.05) is 6.92 Å². The van der Waals surface area contributed by atoms with Crippen molar-refractivity contribution in [2.24, 2.45) is 5.41 Å². The van der Waals surface area contributed by atoms with E-state index in [0.29, 0.717) is 5.41 Å². The van der Waals surface area contributed by atoms with Gasteiger partial charge < -0.3 is 19.9 Å². The Bertz CT molecular complexity index is 282. The maximum Gasteiger partial charge on any atom is 0.0936 e.